The van der Waals surface area contributed by atoms with Gasteiger partial charge in [-0.2, -0.15) is 0 Å². The molecule has 0 saturated carbocycles. The first-order valence-corrected chi connectivity index (χ1v) is 9.84. The van der Waals surface area contributed by atoms with Crippen LogP contribution in [0.5, 0.6) is 5.75 Å². The molecule has 25 heavy (non-hydrogen) atoms. The molecule has 1 fully saturated rings. The molecule has 2 atom stereocenters. The summed E-state index contributed by atoms with van der Waals surface area (Å²) >= 11 is 7.45. The van der Waals surface area contributed by atoms with Crippen LogP contribution in [0.3, 0.4) is 0 Å². The van der Waals surface area contributed by atoms with Crippen molar-refractivity contribution in [2.75, 3.05) is 19.0 Å². The Labute approximate surface area is 158 Å². The zero-order valence-corrected chi connectivity index (χ0v) is 16.3. The van der Waals surface area contributed by atoms with E-state index in [4.69, 9.17) is 21.1 Å². The van der Waals surface area contributed by atoms with Gasteiger partial charge in [0.05, 0.1) is 12.0 Å². The van der Waals surface area contributed by atoms with Crippen molar-refractivity contribution in [1.29, 1.82) is 0 Å². The van der Waals surface area contributed by atoms with Gasteiger partial charge in [0.1, 0.15) is 11.8 Å². The maximum absolute atomic E-state index is 12.7. The van der Waals surface area contributed by atoms with E-state index >= 15 is 0 Å². The van der Waals surface area contributed by atoms with Gasteiger partial charge in [-0.05, 0) is 36.6 Å². The minimum Gasteiger partial charge on any atom is -0.484 e. The van der Waals surface area contributed by atoms with Crippen molar-refractivity contribution >= 4 is 35.2 Å². The fraction of sp³-hybridized carbons (Fsp3) is 0.556. The largest absolute Gasteiger partial charge is 0.484 e. The second-order valence-corrected chi connectivity index (χ2v) is 7.78. The van der Waals surface area contributed by atoms with Crippen LogP contribution in [0.15, 0.2) is 24.3 Å². The van der Waals surface area contributed by atoms with Gasteiger partial charge in [0.25, 0.3) is 5.91 Å². The molecule has 2 rings (SSSR count). The number of esters is 1. The summed E-state index contributed by atoms with van der Waals surface area (Å²) in [6.07, 6.45) is 0.757. The van der Waals surface area contributed by atoms with Crippen LogP contribution >= 0.6 is 23.4 Å². The van der Waals surface area contributed by atoms with E-state index in [2.05, 4.69) is 0 Å². The Kier molecular flexibility index (Phi) is 7.44. The molecule has 1 heterocycles. The number of carbonyl (C=O) groups excluding carboxylic acids is 2. The summed E-state index contributed by atoms with van der Waals surface area (Å²) in [5.41, 5.74) is 0. The standard InChI is InChI=1S/C18H24ClNO4S/c1-4-9-23-18(22)15-11-25-17(12(2)3)20(15)16(21)10-24-14-7-5-13(19)6-8-14/h5-8,12,15,17H,4,9-11H2,1-3H3. The highest BCUT2D eigenvalue weighted by molar-refractivity contribution is 8.00. The lowest BCUT2D eigenvalue weighted by Crippen LogP contribution is -2.49. The summed E-state index contributed by atoms with van der Waals surface area (Å²) in [5, 5.41) is 0.550. The van der Waals surface area contributed by atoms with Gasteiger partial charge in [-0.3, -0.25) is 4.79 Å². The highest BCUT2D eigenvalue weighted by Gasteiger charge is 2.43. The monoisotopic (exact) mass is 385 g/mol. The number of rotatable bonds is 7. The Morgan fingerprint density at radius 1 is 1.32 bits per heavy atom. The van der Waals surface area contributed by atoms with Crippen molar-refractivity contribution in [3.8, 4) is 5.75 Å². The van der Waals surface area contributed by atoms with Crippen molar-refractivity contribution in [2.45, 2.75) is 38.6 Å². The first-order chi connectivity index (χ1) is 11.9. The smallest absolute Gasteiger partial charge is 0.329 e. The normalized spacial score (nSPS) is 20.0. The van der Waals surface area contributed by atoms with Crippen LogP contribution in [0, 0.1) is 5.92 Å². The first kappa shape index (κ1) is 19.9. The lowest BCUT2D eigenvalue weighted by atomic mass is 10.1. The molecule has 0 spiro atoms. The number of hydrogen-bond donors (Lipinski definition) is 0. The number of carbonyl (C=O) groups is 2. The van der Waals surface area contributed by atoms with Crippen LogP contribution in [-0.4, -0.2) is 47.2 Å². The van der Waals surface area contributed by atoms with E-state index in [-0.39, 0.29) is 29.8 Å². The number of benzene rings is 1. The molecular formula is C18H24ClNO4S. The Balaban J connectivity index is 2.04. The van der Waals surface area contributed by atoms with Crippen molar-refractivity contribution in [3.63, 3.8) is 0 Å². The van der Waals surface area contributed by atoms with Gasteiger partial charge in [-0.25, -0.2) is 4.79 Å². The molecule has 0 bridgehead atoms. The van der Waals surface area contributed by atoms with Crippen LogP contribution in [0.4, 0.5) is 0 Å². The number of thioether (sulfide) groups is 1. The predicted octanol–water partition coefficient (Wildman–Crippen LogP) is 3.60. The van der Waals surface area contributed by atoms with E-state index in [1.54, 1.807) is 40.9 Å². The second kappa shape index (κ2) is 9.34. The first-order valence-electron chi connectivity index (χ1n) is 8.41. The molecule has 0 aliphatic carbocycles. The molecule has 1 aliphatic heterocycles. The summed E-state index contributed by atoms with van der Waals surface area (Å²) in [4.78, 5) is 26.7. The summed E-state index contributed by atoms with van der Waals surface area (Å²) in [5.74, 6) is 0.802. The van der Waals surface area contributed by atoms with Crippen LogP contribution in [0.1, 0.15) is 27.2 Å². The van der Waals surface area contributed by atoms with Gasteiger partial charge >= 0.3 is 5.97 Å². The number of hydrogen-bond acceptors (Lipinski definition) is 5. The van der Waals surface area contributed by atoms with E-state index in [0.717, 1.165) is 6.42 Å². The van der Waals surface area contributed by atoms with Gasteiger partial charge in [0.15, 0.2) is 6.61 Å². The fourth-order valence-corrected chi connectivity index (χ4v) is 4.20. The molecule has 1 aromatic carbocycles. The predicted molar refractivity (Wildman–Crippen MR) is 99.9 cm³/mol. The maximum atomic E-state index is 12.7. The van der Waals surface area contributed by atoms with Crippen molar-refractivity contribution < 1.29 is 19.1 Å². The number of nitrogens with zero attached hydrogens (tertiary/aromatic N) is 1. The van der Waals surface area contributed by atoms with Gasteiger partial charge in [-0.1, -0.05) is 32.4 Å². The third-order valence-electron chi connectivity index (χ3n) is 3.79. The Bertz CT molecular complexity index is 593. The molecule has 7 heteroatoms. The number of amides is 1. The number of ether oxygens (including phenoxy) is 2. The minimum absolute atomic E-state index is 0.0551. The van der Waals surface area contributed by atoms with Gasteiger partial charge in [-0.15, -0.1) is 11.8 Å². The topological polar surface area (TPSA) is 55.8 Å². The molecule has 1 amide bonds. The average Bonchev–Trinajstić information content (AvgIpc) is 3.04. The van der Waals surface area contributed by atoms with Crippen molar-refractivity contribution in [2.24, 2.45) is 5.92 Å². The summed E-state index contributed by atoms with van der Waals surface area (Å²) in [6.45, 7) is 6.27. The van der Waals surface area contributed by atoms with E-state index in [1.165, 1.54) is 0 Å². The third-order valence-corrected chi connectivity index (χ3v) is 5.66. The van der Waals surface area contributed by atoms with Crippen LogP contribution < -0.4 is 4.74 Å². The van der Waals surface area contributed by atoms with Crippen LogP contribution in [-0.2, 0) is 14.3 Å². The average molecular weight is 386 g/mol. The third kappa shape index (κ3) is 5.28. The highest BCUT2D eigenvalue weighted by Crippen LogP contribution is 2.34. The lowest BCUT2D eigenvalue weighted by Gasteiger charge is -2.30. The fourth-order valence-electron chi connectivity index (χ4n) is 2.59. The quantitative estimate of drug-likeness (QED) is 0.671. The van der Waals surface area contributed by atoms with Crippen molar-refractivity contribution in [3.05, 3.63) is 29.3 Å². The van der Waals surface area contributed by atoms with Crippen molar-refractivity contribution in [1.82, 2.24) is 4.90 Å². The van der Waals surface area contributed by atoms with Crippen LogP contribution in [0.2, 0.25) is 5.02 Å². The molecule has 0 radical (unpaired) electrons. The zero-order chi connectivity index (χ0) is 18.4. The summed E-state index contributed by atoms with van der Waals surface area (Å²) < 4.78 is 10.8. The van der Waals surface area contributed by atoms with E-state index in [0.29, 0.717) is 23.1 Å². The summed E-state index contributed by atoms with van der Waals surface area (Å²) in [6, 6.07) is 6.28. The Morgan fingerprint density at radius 3 is 2.60 bits per heavy atom. The van der Waals surface area contributed by atoms with Gasteiger partial charge in [0, 0.05) is 10.8 Å². The van der Waals surface area contributed by atoms with E-state index < -0.39 is 6.04 Å². The molecule has 1 aromatic rings. The maximum Gasteiger partial charge on any atom is 0.329 e. The molecule has 0 N–H and O–H groups in total. The minimum atomic E-state index is -0.551. The molecular weight excluding hydrogens is 362 g/mol. The molecule has 2 unspecified atom stereocenters. The second-order valence-electron chi connectivity index (χ2n) is 6.19. The molecule has 5 nitrogen and oxygen atoms in total. The summed E-state index contributed by atoms with van der Waals surface area (Å²) in [7, 11) is 0. The molecule has 1 aliphatic rings. The van der Waals surface area contributed by atoms with E-state index in [1.807, 2.05) is 20.8 Å². The zero-order valence-electron chi connectivity index (χ0n) is 14.7. The van der Waals surface area contributed by atoms with E-state index in [9.17, 15) is 9.59 Å². The van der Waals surface area contributed by atoms with Crippen LogP contribution in [0.25, 0.3) is 0 Å². The molecule has 138 valence electrons. The molecule has 1 saturated heterocycles. The Hall–Kier alpha value is -1.40. The lowest BCUT2D eigenvalue weighted by molar-refractivity contribution is -0.155. The van der Waals surface area contributed by atoms with Gasteiger partial charge < -0.3 is 14.4 Å². The SMILES string of the molecule is CCCOC(=O)C1CSC(C(C)C)N1C(=O)COc1ccc(Cl)cc1. The molecule has 0 aromatic heterocycles. The highest BCUT2D eigenvalue weighted by atomic mass is 35.5. The van der Waals surface area contributed by atoms with Gasteiger partial charge in [0.2, 0.25) is 0 Å². The Morgan fingerprint density at radius 2 is 2.00 bits per heavy atom. The number of halogens is 1.